The Morgan fingerprint density at radius 2 is 1.24 bits per heavy atom. The van der Waals surface area contributed by atoms with Gasteiger partial charge in [0.25, 0.3) is 0 Å². The summed E-state index contributed by atoms with van der Waals surface area (Å²) in [6.07, 6.45) is 3.97. The molecule has 0 aromatic heterocycles. The zero-order valence-electron chi connectivity index (χ0n) is 16.0. The molecule has 1 heterocycles. The molecule has 0 spiro atoms. The first-order chi connectivity index (χ1) is 9.48. The van der Waals surface area contributed by atoms with Gasteiger partial charge in [-0.1, -0.05) is 41.5 Å². The first-order valence-corrected chi connectivity index (χ1v) is 8.96. The van der Waals surface area contributed by atoms with Gasteiger partial charge in [-0.25, -0.2) is 0 Å². The Balaban J connectivity index is 2.39. The standard InChI is InChI=1S/C19H40N2/c1-16-14-20(13-11-19(6,7)8)15-17(2)21(16)12-9-10-18(3,4)5/h16-17H,9-15H2,1-8H3. The summed E-state index contributed by atoms with van der Waals surface area (Å²) in [5.41, 5.74) is 0.928. The Hall–Kier alpha value is -0.0800. The topological polar surface area (TPSA) is 6.48 Å². The minimum Gasteiger partial charge on any atom is -0.300 e. The van der Waals surface area contributed by atoms with Crippen LogP contribution in [0.1, 0.15) is 74.7 Å². The molecule has 21 heavy (non-hydrogen) atoms. The van der Waals surface area contributed by atoms with E-state index in [2.05, 4.69) is 65.2 Å². The Morgan fingerprint density at radius 1 is 0.762 bits per heavy atom. The summed E-state index contributed by atoms with van der Waals surface area (Å²) in [7, 11) is 0. The maximum Gasteiger partial charge on any atom is 0.0198 e. The molecule has 1 saturated heterocycles. The molecule has 0 aromatic rings. The van der Waals surface area contributed by atoms with Gasteiger partial charge in [-0.15, -0.1) is 0 Å². The molecular weight excluding hydrogens is 256 g/mol. The maximum atomic E-state index is 2.74. The second-order valence-corrected chi connectivity index (χ2v) is 9.67. The summed E-state index contributed by atoms with van der Waals surface area (Å²) in [5.74, 6) is 0. The van der Waals surface area contributed by atoms with Crippen molar-refractivity contribution >= 4 is 0 Å². The minimum atomic E-state index is 0.455. The highest BCUT2D eigenvalue weighted by atomic mass is 15.3. The molecule has 0 N–H and O–H groups in total. The monoisotopic (exact) mass is 296 g/mol. The van der Waals surface area contributed by atoms with Crippen molar-refractivity contribution < 1.29 is 0 Å². The van der Waals surface area contributed by atoms with E-state index in [0.717, 1.165) is 0 Å². The fourth-order valence-corrected chi connectivity index (χ4v) is 3.37. The van der Waals surface area contributed by atoms with Gasteiger partial charge in [0.1, 0.15) is 0 Å². The number of hydrogen-bond donors (Lipinski definition) is 0. The molecule has 1 fully saturated rings. The van der Waals surface area contributed by atoms with Crippen LogP contribution in [0.5, 0.6) is 0 Å². The first-order valence-electron chi connectivity index (χ1n) is 8.96. The van der Waals surface area contributed by atoms with Gasteiger partial charge in [0.2, 0.25) is 0 Å². The molecule has 0 saturated carbocycles. The van der Waals surface area contributed by atoms with E-state index in [-0.39, 0.29) is 0 Å². The summed E-state index contributed by atoms with van der Waals surface area (Å²) in [5, 5.41) is 0. The van der Waals surface area contributed by atoms with Gasteiger partial charge in [0.15, 0.2) is 0 Å². The number of nitrogens with zero attached hydrogens (tertiary/aromatic N) is 2. The molecule has 2 nitrogen and oxygen atoms in total. The lowest BCUT2D eigenvalue weighted by molar-refractivity contribution is 0.0314. The molecule has 0 aromatic carbocycles. The van der Waals surface area contributed by atoms with Crippen LogP contribution in [0.15, 0.2) is 0 Å². The van der Waals surface area contributed by atoms with Crippen LogP contribution in [0.4, 0.5) is 0 Å². The van der Waals surface area contributed by atoms with E-state index >= 15 is 0 Å². The fourth-order valence-electron chi connectivity index (χ4n) is 3.37. The molecule has 0 radical (unpaired) electrons. The molecule has 1 rings (SSSR count). The van der Waals surface area contributed by atoms with Gasteiger partial charge < -0.3 is 4.90 Å². The molecule has 1 aliphatic heterocycles. The quantitative estimate of drug-likeness (QED) is 0.729. The highest BCUT2D eigenvalue weighted by Gasteiger charge is 2.29. The number of rotatable bonds is 5. The van der Waals surface area contributed by atoms with Gasteiger partial charge in [-0.2, -0.15) is 0 Å². The lowest BCUT2D eigenvalue weighted by atomic mass is 9.90. The van der Waals surface area contributed by atoms with Crippen LogP contribution in [0.2, 0.25) is 0 Å². The van der Waals surface area contributed by atoms with Gasteiger partial charge in [0, 0.05) is 25.2 Å². The smallest absolute Gasteiger partial charge is 0.0198 e. The molecular formula is C19H40N2. The molecule has 126 valence electrons. The van der Waals surface area contributed by atoms with Crippen molar-refractivity contribution in [3.05, 3.63) is 0 Å². The average molecular weight is 297 g/mol. The minimum absolute atomic E-state index is 0.455. The van der Waals surface area contributed by atoms with Gasteiger partial charge in [0.05, 0.1) is 0 Å². The summed E-state index contributed by atoms with van der Waals surface area (Å²) >= 11 is 0. The van der Waals surface area contributed by atoms with Crippen LogP contribution in [0.3, 0.4) is 0 Å². The molecule has 2 atom stereocenters. The predicted octanol–water partition coefficient (Wildman–Crippen LogP) is 4.64. The number of hydrogen-bond acceptors (Lipinski definition) is 2. The third-order valence-electron chi connectivity index (χ3n) is 4.70. The summed E-state index contributed by atoms with van der Waals surface area (Å²) in [6, 6.07) is 1.40. The van der Waals surface area contributed by atoms with E-state index < -0.39 is 0 Å². The van der Waals surface area contributed by atoms with Crippen LogP contribution in [0, 0.1) is 10.8 Å². The Bertz CT molecular complexity index is 286. The van der Waals surface area contributed by atoms with Crippen LogP contribution >= 0.6 is 0 Å². The van der Waals surface area contributed by atoms with Crippen molar-refractivity contribution in [3.63, 3.8) is 0 Å². The molecule has 0 amide bonds. The van der Waals surface area contributed by atoms with Crippen LogP contribution in [-0.4, -0.2) is 48.1 Å². The van der Waals surface area contributed by atoms with Gasteiger partial charge in [-0.05, 0) is 57.0 Å². The third-order valence-corrected chi connectivity index (χ3v) is 4.70. The number of piperazine rings is 1. The molecule has 0 bridgehead atoms. The Morgan fingerprint density at radius 3 is 1.67 bits per heavy atom. The van der Waals surface area contributed by atoms with E-state index in [9.17, 15) is 0 Å². The maximum absolute atomic E-state index is 2.74. The van der Waals surface area contributed by atoms with Crippen molar-refractivity contribution in [2.24, 2.45) is 10.8 Å². The molecule has 1 aliphatic rings. The van der Waals surface area contributed by atoms with E-state index in [0.29, 0.717) is 22.9 Å². The van der Waals surface area contributed by atoms with E-state index in [1.54, 1.807) is 0 Å². The van der Waals surface area contributed by atoms with Crippen LogP contribution in [-0.2, 0) is 0 Å². The van der Waals surface area contributed by atoms with Gasteiger partial charge >= 0.3 is 0 Å². The molecule has 2 unspecified atom stereocenters. The van der Waals surface area contributed by atoms with E-state index in [1.807, 2.05) is 0 Å². The first kappa shape index (κ1) is 19.0. The zero-order valence-corrected chi connectivity index (χ0v) is 16.0. The Labute approximate surface area is 134 Å². The van der Waals surface area contributed by atoms with E-state index in [1.165, 1.54) is 45.4 Å². The molecule has 0 aliphatic carbocycles. The zero-order chi connectivity index (χ0) is 16.3. The molecule has 2 heteroatoms. The second kappa shape index (κ2) is 7.46. The SMILES string of the molecule is CC1CN(CCC(C)(C)C)CC(C)N1CCCC(C)(C)C. The normalized spacial score (nSPS) is 26.3. The van der Waals surface area contributed by atoms with Crippen LogP contribution < -0.4 is 0 Å². The third kappa shape index (κ3) is 7.65. The summed E-state index contributed by atoms with van der Waals surface area (Å²) in [4.78, 5) is 5.42. The van der Waals surface area contributed by atoms with Gasteiger partial charge in [-0.3, -0.25) is 4.90 Å². The van der Waals surface area contributed by atoms with Crippen molar-refractivity contribution in [2.75, 3.05) is 26.2 Å². The van der Waals surface area contributed by atoms with Crippen LogP contribution in [0.25, 0.3) is 0 Å². The van der Waals surface area contributed by atoms with Crippen molar-refractivity contribution in [2.45, 2.75) is 86.7 Å². The van der Waals surface area contributed by atoms with Crippen molar-refractivity contribution in [3.8, 4) is 0 Å². The van der Waals surface area contributed by atoms with Crippen molar-refractivity contribution in [1.82, 2.24) is 9.80 Å². The highest BCUT2D eigenvalue weighted by molar-refractivity contribution is 4.85. The predicted molar refractivity (Wildman–Crippen MR) is 94.8 cm³/mol. The highest BCUT2D eigenvalue weighted by Crippen LogP contribution is 2.24. The summed E-state index contributed by atoms with van der Waals surface area (Å²) < 4.78 is 0. The summed E-state index contributed by atoms with van der Waals surface area (Å²) in [6.45, 7) is 24.0. The van der Waals surface area contributed by atoms with Crippen molar-refractivity contribution in [1.29, 1.82) is 0 Å². The Kier molecular flexibility index (Phi) is 6.74. The fraction of sp³-hybridized carbons (Fsp3) is 1.00. The largest absolute Gasteiger partial charge is 0.300 e. The lowest BCUT2D eigenvalue weighted by Crippen LogP contribution is -2.57. The second-order valence-electron chi connectivity index (χ2n) is 9.67. The average Bonchev–Trinajstić information content (AvgIpc) is 2.28. The lowest BCUT2D eigenvalue weighted by Gasteiger charge is -2.45. The van der Waals surface area contributed by atoms with E-state index in [4.69, 9.17) is 0 Å².